The first kappa shape index (κ1) is 21.2. The number of aromatic nitrogens is 6. The number of pyridine rings is 1. The van der Waals surface area contributed by atoms with E-state index in [4.69, 9.17) is 4.42 Å². The van der Waals surface area contributed by atoms with Crippen molar-refractivity contribution in [2.75, 3.05) is 18.5 Å². The van der Waals surface area contributed by atoms with Crippen LogP contribution in [0.4, 0.5) is 18.9 Å². The molecule has 0 saturated heterocycles. The van der Waals surface area contributed by atoms with Crippen molar-refractivity contribution in [3.8, 4) is 22.8 Å². The monoisotopic (exact) mass is 447 g/mol. The molecule has 4 aromatic rings. The van der Waals surface area contributed by atoms with Crippen LogP contribution in [0.5, 0.6) is 0 Å². The molecular formula is C19H16F3N7O3. The molecule has 0 aliphatic heterocycles. The SMILES string of the molecule is O=C(Nc1cn(CCOCC(F)(F)F)nc1-c1ccccn1)c1coc(-c2cn[nH]c2)n1. The fraction of sp³-hybridized carbons (Fsp3) is 0.211. The Morgan fingerprint density at radius 2 is 2.19 bits per heavy atom. The van der Waals surface area contributed by atoms with Crippen molar-refractivity contribution in [1.29, 1.82) is 0 Å². The van der Waals surface area contributed by atoms with E-state index >= 15 is 0 Å². The Kier molecular flexibility index (Phi) is 5.98. The van der Waals surface area contributed by atoms with E-state index in [0.717, 1.165) is 0 Å². The van der Waals surface area contributed by atoms with E-state index in [2.05, 4.69) is 35.3 Å². The minimum atomic E-state index is -4.41. The molecule has 0 fully saturated rings. The van der Waals surface area contributed by atoms with Crippen molar-refractivity contribution in [2.24, 2.45) is 0 Å². The zero-order valence-corrected chi connectivity index (χ0v) is 16.3. The number of hydrogen-bond donors (Lipinski definition) is 2. The van der Waals surface area contributed by atoms with Crippen LogP contribution in [0.1, 0.15) is 10.5 Å². The number of amides is 1. The molecule has 1 amide bonds. The number of nitrogens with zero attached hydrogens (tertiary/aromatic N) is 5. The van der Waals surface area contributed by atoms with Crippen LogP contribution in [0, 0.1) is 0 Å². The molecule has 0 unspecified atom stereocenters. The average molecular weight is 447 g/mol. The standard InChI is InChI=1S/C19H16F3N7O3/c20-19(21,22)11-31-6-5-29-9-14(16(28-29)13-3-1-2-4-23-13)26-17(30)15-10-32-18(27-15)12-7-24-25-8-12/h1-4,7-10H,5-6,11H2,(H,24,25)(H,26,30). The molecule has 0 aliphatic carbocycles. The van der Waals surface area contributed by atoms with Crippen LogP contribution in [0.3, 0.4) is 0 Å². The number of alkyl halides is 3. The highest BCUT2D eigenvalue weighted by Gasteiger charge is 2.27. The number of nitrogens with one attached hydrogen (secondary N) is 2. The predicted octanol–water partition coefficient (Wildman–Crippen LogP) is 3.15. The summed E-state index contributed by atoms with van der Waals surface area (Å²) in [5, 5.41) is 13.4. The maximum Gasteiger partial charge on any atom is 0.411 e. The largest absolute Gasteiger partial charge is 0.444 e. The normalized spacial score (nSPS) is 11.6. The first-order valence-electron chi connectivity index (χ1n) is 9.28. The van der Waals surface area contributed by atoms with Gasteiger partial charge in [0.25, 0.3) is 5.91 Å². The van der Waals surface area contributed by atoms with Crippen molar-refractivity contribution in [3.05, 3.63) is 54.9 Å². The molecule has 0 saturated carbocycles. The molecule has 0 aromatic carbocycles. The van der Waals surface area contributed by atoms with Gasteiger partial charge >= 0.3 is 6.18 Å². The Morgan fingerprint density at radius 3 is 2.91 bits per heavy atom. The van der Waals surface area contributed by atoms with Gasteiger partial charge in [-0.05, 0) is 12.1 Å². The molecule has 2 N–H and O–H groups in total. The highest BCUT2D eigenvalue weighted by molar-refractivity contribution is 6.04. The molecule has 4 rings (SSSR count). The number of anilines is 1. The molecule has 4 aromatic heterocycles. The first-order chi connectivity index (χ1) is 15.4. The smallest absolute Gasteiger partial charge is 0.411 e. The summed E-state index contributed by atoms with van der Waals surface area (Å²) in [6.07, 6.45) is 2.90. The lowest BCUT2D eigenvalue weighted by Gasteiger charge is -2.07. The minimum absolute atomic E-state index is 0.0226. The van der Waals surface area contributed by atoms with Gasteiger partial charge in [-0.2, -0.15) is 23.4 Å². The maximum atomic E-state index is 12.7. The summed E-state index contributed by atoms with van der Waals surface area (Å²) in [6.45, 7) is -1.52. The van der Waals surface area contributed by atoms with Gasteiger partial charge in [0.05, 0.1) is 36.3 Å². The minimum Gasteiger partial charge on any atom is -0.444 e. The van der Waals surface area contributed by atoms with Gasteiger partial charge < -0.3 is 14.5 Å². The van der Waals surface area contributed by atoms with E-state index in [0.29, 0.717) is 22.6 Å². The van der Waals surface area contributed by atoms with Gasteiger partial charge in [0, 0.05) is 18.6 Å². The molecule has 13 heteroatoms. The lowest BCUT2D eigenvalue weighted by atomic mass is 10.2. The van der Waals surface area contributed by atoms with Crippen molar-refractivity contribution in [1.82, 2.24) is 29.9 Å². The Morgan fingerprint density at radius 1 is 1.31 bits per heavy atom. The molecule has 0 radical (unpaired) electrons. The van der Waals surface area contributed by atoms with Gasteiger partial charge in [0.15, 0.2) is 5.69 Å². The summed E-state index contributed by atoms with van der Waals surface area (Å²) in [7, 11) is 0. The topological polar surface area (TPSA) is 124 Å². The van der Waals surface area contributed by atoms with E-state index in [1.165, 1.54) is 23.3 Å². The third kappa shape index (κ3) is 5.18. The highest BCUT2D eigenvalue weighted by atomic mass is 19.4. The predicted molar refractivity (Wildman–Crippen MR) is 104 cm³/mol. The zero-order valence-electron chi connectivity index (χ0n) is 16.3. The van der Waals surface area contributed by atoms with Crippen LogP contribution in [-0.4, -0.2) is 55.2 Å². The van der Waals surface area contributed by atoms with Crippen molar-refractivity contribution >= 4 is 11.6 Å². The number of aromatic amines is 1. The molecule has 0 spiro atoms. The lowest BCUT2D eigenvalue weighted by Crippen LogP contribution is -2.19. The highest BCUT2D eigenvalue weighted by Crippen LogP contribution is 2.26. The van der Waals surface area contributed by atoms with Crippen LogP contribution < -0.4 is 5.32 Å². The molecule has 4 heterocycles. The molecule has 0 bridgehead atoms. The van der Waals surface area contributed by atoms with E-state index in [1.807, 2.05) is 0 Å². The quantitative estimate of drug-likeness (QED) is 0.398. The van der Waals surface area contributed by atoms with E-state index in [9.17, 15) is 18.0 Å². The molecule has 32 heavy (non-hydrogen) atoms. The van der Waals surface area contributed by atoms with E-state index in [1.54, 1.807) is 30.6 Å². The summed E-state index contributed by atoms with van der Waals surface area (Å²) in [4.78, 5) is 21.0. The van der Waals surface area contributed by atoms with Crippen LogP contribution in [-0.2, 0) is 11.3 Å². The number of oxazole rings is 1. The number of hydrogen-bond acceptors (Lipinski definition) is 7. The maximum absolute atomic E-state index is 12.7. The summed E-state index contributed by atoms with van der Waals surface area (Å²) in [5.41, 5.74) is 1.71. The first-order valence-corrected chi connectivity index (χ1v) is 9.28. The van der Waals surface area contributed by atoms with Crippen molar-refractivity contribution in [3.63, 3.8) is 0 Å². The number of rotatable bonds is 8. The Labute approximate surface area is 178 Å². The van der Waals surface area contributed by atoms with E-state index < -0.39 is 18.7 Å². The van der Waals surface area contributed by atoms with Gasteiger partial charge in [-0.15, -0.1) is 0 Å². The molecule has 0 aliphatic rings. The van der Waals surface area contributed by atoms with Crippen LogP contribution >= 0.6 is 0 Å². The average Bonchev–Trinajstić information content (AvgIpc) is 3.51. The number of halogens is 3. The molecule has 166 valence electrons. The fourth-order valence-electron chi connectivity index (χ4n) is 2.73. The van der Waals surface area contributed by atoms with Gasteiger partial charge in [-0.25, -0.2) is 4.98 Å². The third-order valence-electron chi connectivity index (χ3n) is 4.13. The molecule has 0 atom stereocenters. The molecular weight excluding hydrogens is 431 g/mol. The summed E-state index contributed by atoms with van der Waals surface area (Å²) in [6, 6.07) is 5.15. The second-order valence-corrected chi connectivity index (χ2v) is 6.52. The van der Waals surface area contributed by atoms with Crippen LogP contribution in [0.25, 0.3) is 22.8 Å². The van der Waals surface area contributed by atoms with E-state index in [-0.39, 0.29) is 24.7 Å². The van der Waals surface area contributed by atoms with Gasteiger partial charge in [0.1, 0.15) is 18.6 Å². The van der Waals surface area contributed by atoms with Gasteiger partial charge in [-0.1, -0.05) is 6.07 Å². The fourth-order valence-corrected chi connectivity index (χ4v) is 2.73. The number of H-pyrrole nitrogens is 1. The second kappa shape index (κ2) is 9.01. The van der Waals surface area contributed by atoms with Crippen LogP contribution in [0.15, 0.2) is 53.7 Å². The zero-order chi connectivity index (χ0) is 22.6. The summed E-state index contributed by atoms with van der Waals surface area (Å²) < 4.78 is 48.0. The Balaban J connectivity index is 1.51. The third-order valence-corrected chi connectivity index (χ3v) is 4.13. The summed E-state index contributed by atoms with van der Waals surface area (Å²) in [5.74, 6) is -0.347. The van der Waals surface area contributed by atoms with Crippen molar-refractivity contribution in [2.45, 2.75) is 12.7 Å². The number of carbonyl (C=O) groups excluding carboxylic acids is 1. The Bertz CT molecular complexity index is 1170. The van der Waals surface area contributed by atoms with Crippen molar-refractivity contribution < 1.29 is 27.1 Å². The number of carbonyl (C=O) groups is 1. The van der Waals surface area contributed by atoms with Crippen LogP contribution in [0.2, 0.25) is 0 Å². The van der Waals surface area contributed by atoms with Gasteiger partial charge in [0.2, 0.25) is 5.89 Å². The molecule has 10 nitrogen and oxygen atoms in total. The Hall–Kier alpha value is -4.00. The number of ether oxygens (including phenoxy) is 1. The second-order valence-electron chi connectivity index (χ2n) is 6.52. The lowest BCUT2D eigenvalue weighted by molar-refractivity contribution is -0.174. The summed E-state index contributed by atoms with van der Waals surface area (Å²) >= 11 is 0. The van der Waals surface area contributed by atoms with Gasteiger partial charge in [-0.3, -0.25) is 19.6 Å².